The number of carbonyl (C=O) groups is 2. The maximum Gasteiger partial charge on any atom is 0.253 e. The van der Waals surface area contributed by atoms with Gasteiger partial charge in [-0.25, -0.2) is 0 Å². The maximum absolute atomic E-state index is 11.6. The fourth-order valence-corrected chi connectivity index (χ4v) is 3.81. The zero-order valence-corrected chi connectivity index (χ0v) is 15.3. The Morgan fingerprint density at radius 1 is 0.778 bits per heavy atom. The summed E-state index contributed by atoms with van der Waals surface area (Å²) >= 11 is 0. The Balaban J connectivity index is 1.37. The summed E-state index contributed by atoms with van der Waals surface area (Å²) in [7, 11) is 0. The molecule has 2 amide bonds. The molecule has 0 N–H and O–H groups in total. The SMILES string of the molecule is O=C1C=CC(=O)N1Cc1ccc(Oc2ccc(C3CCCCC3)cc2)cc1. The van der Waals surface area contributed by atoms with E-state index in [0.29, 0.717) is 5.92 Å². The van der Waals surface area contributed by atoms with Crippen LogP contribution in [-0.4, -0.2) is 16.7 Å². The first-order valence-corrected chi connectivity index (χ1v) is 9.59. The minimum Gasteiger partial charge on any atom is -0.457 e. The summed E-state index contributed by atoms with van der Waals surface area (Å²) in [6.07, 6.45) is 9.22. The van der Waals surface area contributed by atoms with Gasteiger partial charge in [-0.05, 0) is 54.2 Å². The van der Waals surface area contributed by atoms with Crippen molar-refractivity contribution in [2.75, 3.05) is 0 Å². The molecule has 1 fully saturated rings. The highest BCUT2D eigenvalue weighted by molar-refractivity contribution is 6.12. The Morgan fingerprint density at radius 2 is 1.33 bits per heavy atom. The lowest BCUT2D eigenvalue weighted by molar-refractivity contribution is -0.137. The molecular weight excluding hydrogens is 338 g/mol. The van der Waals surface area contributed by atoms with E-state index in [4.69, 9.17) is 4.74 Å². The second kappa shape index (κ2) is 7.78. The van der Waals surface area contributed by atoms with Crippen LogP contribution in [0, 0.1) is 0 Å². The number of rotatable bonds is 5. The largest absolute Gasteiger partial charge is 0.457 e. The van der Waals surface area contributed by atoms with Crippen LogP contribution in [0.5, 0.6) is 11.5 Å². The van der Waals surface area contributed by atoms with Gasteiger partial charge in [-0.3, -0.25) is 14.5 Å². The van der Waals surface area contributed by atoms with E-state index in [1.54, 1.807) is 0 Å². The molecule has 2 aliphatic rings. The van der Waals surface area contributed by atoms with Gasteiger partial charge in [0.25, 0.3) is 11.8 Å². The number of benzene rings is 2. The summed E-state index contributed by atoms with van der Waals surface area (Å²) in [6, 6.07) is 15.9. The van der Waals surface area contributed by atoms with Crippen molar-refractivity contribution in [3.05, 3.63) is 71.8 Å². The Hall–Kier alpha value is -2.88. The molecule has 27 heavy (non-hydrogen) atoms. The first-order chi connectivity index (χ1) is 13.2. The molecule has 138 valence electrons. The molecule has 2 aromatic rings. The van der Waals surface area contributed by atoms with Gasteiger partial charge in [0.2, 0.25) is 0 Å². The van der Waals surface area contributed by atoms with Crippen LogP contribution in [0.4, 0.5) is 0 Å². The Morgan fingerprint density at radius 3 is 1.93 bits per heavy atom. The van der Waals surface area contributed by atoms with Crippen molar-refractivity contribution >= 4 is 11.8 Å². The first-order valence-electron chi connectivity index (χ1n) is 9.59. The van der Waals surface area contributed by atoms with Crippen LogP contribution in [-0.2, 0) is 16.1 Å². The molecular formula is C23H23NO3. The molecule has 4 rings (SSSR count). The van der Waals surface area contributed by atoms with Gasteiger partial charge in [0, 0.05) is 12.2 Å². The zero-order valence-electron chi connectivity index (χ0n) is 15.3. The zero-order chi connectivity index (χ0) is 18.6. The molecule has 0 atom stereocenters. The van der Waals surface area contributed by atoms with Gasteiger partial charge in [-0.2, -0.15) is 0 Å². The highest BCUT2D eigenvalue weighted by Crippen LogP contribution is 2.33. The lowest BCUT2D eigenvalue weighted by Gasteiger charge is -2.22. The molecule has 4 heteroatoms. The summed E-state index contributed by atoms with van der Waals surface area (Å²) in [5, 5.41) is 0. The van der Waals surface area contributed by atoms with Crippen LogP contribution < -0.4 is 4.74 Å². The third kappa shape index (κ3) is 4.11. The lowest BCUT2D eigenvalue weighted by Crippen LogP contribution is -2.29. The number of hydrogen-bond acceptors (Lipinski definition) is 3. The van der Waals surface area contributed by atoms with Crippen LogP contribution in [0.3, 0.4) is 0 Å². The molecule has 4 nitrogen and oxygen atoms in total. The molecule has 0 spiro atoms. The number of nitrogens with zero attached hydrogens (tertiary/aromatic N) is 1. The molecule has 2 aromatic carbocycles. The maximum atomic E-state index is 11.6. The predicted octanol–water partition coefficient (Wildman–Crippen LogP) is 4.95. The topological polar surface area (TPSA) is 46.6 Å². The molecule has 0 saturated heterocycles. The molecule has 0 radical (unpaired) electrons. The lowest BCUT2D eigenvalue weighted by atomic mass is 9.84. The van der Waals surface area contributed by atoms with Gasteiger partial charge in [0.1, 0.15) is 11.5 Å². The number of imide groups is 1. The quantitative estimate of drug-likeness (QED) is 0.708. The third-order valence-corrected chi connectivity index (χ3v) is 5.36. The van der Waals surface area contributed by atoms with Crippen LogP contribution in [0.25, 0.3) is 0 Å². The van der Waals surface area contributed by atoms with Crippen LogP contribution in [0.2, 0.25) is 0 Å². The average molecular weight is 361 g/mol. The van der Waals surface area contributed by atoms with Crippen LogP contribution in [0.15, 0.2) is 60.7 Å². The minimum atomic E-state index is -0.265. The summed E-state index contributed by atoms with van der Waals surface area (Å²) in [6.45, 7) is 0.279. The van der Waals surface area contributed by atoms with Gasteiger partial charge in [-0.1, -0.05) is 43.5 Å². The van der Waals surface area contributed by atoms with Crippen LogP contribution >= 0.6 is 0 Å². The van der Waals surface area contributed by atoms with Gasteiger partial charge in [0.15, 0.2) is 0 Å². The normalized spacial score (nSPS) is 17.6. The molecule has 1 saturated carbocycles. The molecule has 0 bridgehead atoms. The molecule has 1 aliphatic carbocycles. The third-order valence-electron chi connectivity index (χ3n) is 5.36. The highest BCUT2D eigenvalue weighted by Gasteiger charge is 2.23. The second-order valence-electron chi connectivity index (χ2n) is 7.25. The number of amides is 2. The van der Waals surface area contributed by atoms with Gasteiger partial charge in [0.05, 0.1) is 6.54 Å². The van der Waals surface area contributed by atoms with Crippen molar-refractivity contribution in [3.63, 3.8) is 0 Å². The van der Waals surface area contributed by atoms with Gasteiger partial charge < -0.3 is 4.74 Å². The van der Waals surface area contributed by atoms with Crippen molar-refractivity contribution in [2.45, 2.75) is 44.6 Å². The molecule has 0 aromatic heterocycles. The van der Waals surface area contributed by atoms with E-state index in [9.17, 15) is 9.59 Å². The first kappa shape index (κ1) is 17.5. The number of hydrogen-bond donors (Lipinski definition) is 0. The summed E-state index contributed by atoms with van der Waals surface area (Å²) < 4.78 is 5.93. The van der Waals surface area contributed by atoms with Crippen molar-refractivity contribution in [1.29, 1.82) is 0 Å². The van der Waals surface area contributed by atoms with Crippen molar-refractivity contribution in [1.82, 2.24) is 4.90 Å². The van der Waals surface area contributed by atoms with E-state index in [2.05, 4.69) is 12.1 Å². The Bertz CT molecular complexity index is 828. The molecule has 1 heterocycles. The van der Waals surface area contributed by atoms with E-state index in [-0.39, 0.29) is 18.4 Å². The van der Waals surface area contributed by atoms with Crippen molar-refractivity contribution in [3.8, 4) is 11.5 Å². The summed E-state index contributed by atoms with van der Waals surface area (Å²) in [5.74, 6) is 1.71. The highest BCUT2D eigenvalue weighted by atomic mass is 16.5. The van der Waals surface area contributed by atoms with Crippen molar-refractivity contribution in [2.24, 2.45) is 0 Å². The van der Waals surface area contributed by atoms with E-state index >= 15 is 0 Å². The number of carbonyl (C=O) groups excluding carboxylic acids is 2. The average Bonchev–Trinajstić information content (AvgIpc) is 3.03. The molecule has 1 aliphatic heterocycles. The minimum absolute atomic E-state index is 0.265. The predicted molar refractivity (Wildman–Crippen MR) is 103 cm³/mol. The standard InChI is InChI=1S/C23H23NO3/c25-22-14-15-23(26)24(22)16-17-6-10-20(11-7-17)27-21-12-8-19(9-13-21)18-4-2-1-3-5-18/h6-15,18H,1-5,16H2. The summed E-state index contributed by atoms with van der Waals surface area (Å²) in [4.78, 5) is 24.5. The monoisotopic (exact) mass is 361 g/mol. The fourth-order valence-electron chi connectivity index (χ4n) is 3.81. The number of ether oxygens (including phenoxy) is 1. The summed E-state index contributed by atoms with van der Waals surface area (Å²) in [5.41, 5.74) is 2.30. The van der Waals surface area contributed by atoms with Gasteiger partial charge in [-0.15, -0.1) is 0 Å². The Kier molecular flexibility index (Phi) is 5.05. The van der Waals surface area contributed by atoms with E-state index < -0.39 is 0 Å². The Labute approximate surface area is 159 Å². The van der Waals surface area contributed by atoms with E-state index in [0.717, 1.165) is 17.1 Å². The van der Waals surface area contributed by atoms with Gasteiger partial charge >= 0.3 is 0 Å². The van der Waals surface area contributed by atoms with E-state index in [1.165, 1.54) is 54.7 Å². The fraction of sp³-hybridized carbons (Fsp3) is 0.304. The van der Waals surface area contributed by atoms with Crippen LogP contribution in [0.1, 0.15) is 49.1 Å². The second-order valence-corrected chi connectivity index (χ2v) is 7.25. The molecule has 0 unspecified atom stereocenters. The smallest absolute Gasteiger partial charge is 0.253 e. The van der Waals surface area contributed by atoms with Crippen molar-refractivity contribution < 1.29 is 14.3 Å². The van der Waals surface area contributed by atoms with E-state index in [1.807, 2.05) is 36.4 Å².